The Kier molecular flexibility index (Phi) is 50.1. The number of esters is 1. The molecule has 83 heavy (non-hydrogen) atoms. The first-order valence-electron chi connectivity index (χ1n) is 33.2. The Labute approximate surface area is 503 Å². The number of aliphatic hydroxyl groups is 7. The van der Waals surface area contributed by atoms with Crippen molar-refractivity contribution in [2.75, 3.05) is 33.0 Å². The van der Waals surface area contributed by atoms with E-state index in [9.17, 15) is 40.5 Å². The minimum atomic E-state index is -1.72. The van der Waals surface area contributed by atoms with Crippen LogP contribution in [0.1, 0.15) is 245 Å². The Hall–Kier alpha value is -2.83. The van der Waals surface area contributed by atoms with E-state index in [4.69, 9.17) is 28.4 Å². The Bertz CT molecular complexity index is 1690. The van der Waals surface area contributed by atoms with Crippen molar-refractivity contribution in [3.8, 4) is 0 Å². The zero-order valence-corrected chi connectivity index (χ0v) is 51.9. The zero-order chi connectivity index (χ0) is 60.1. The minimum Gasteiger partial charge on any atom is -0.457 e. The molecule has 0 aromatic carbocycles. The third-order valence-electron chi connectivity index (χ3n) is 15.4. The highest BCUT2D eigenvalue weighted by Gasteiger charge is 2.47. The van der Waals surface area contributed by atoms with Crippen LogP contribution < -0.4 is 0 Å². The maximum absolute atomic E-state index is 13.1. The third-order valence-corrected chi connectivity index (χ3v) is 15.4. The van der Waals surface area contributed by atoms with Gasteiger partial charge in [0.2, 0.25) is 0 Å². The highest BCUT2D eigenvalue weighted by atomic mass is 16.7. The third kappa shape index (κ3) is 40.3. The molecule has 14 heteroatoms. The largest absolute Gasteiger partial charge is 0.457 e. The van der Waals surface area contributed by atoms with Crippen LogP contribution in [0.5, 0.6) is 0 Å². The number of hydrogen-bond donors (Lipinski definition) is 7. The Morgan fingerprint density at radius 1 is 0.410 bits per heavy atom. The van der Waals surface area contributed by atoms with Crippen LogP contribution >= 0.6 is 0 Å². The predicted octanol–water partition coefficient (Wildman–Crippen LogP) is 13.5. The van der Waals surface area contributed by atoms with Gasteiger partial charge in [0, 0.05) is 13.0 Å². The summed E-state index contributed by atoms with van der Waals surface area (Å²) >= 11 is 0. The van der Waals surface area contributed by atoms with Gasteiger partial charge < -0.3 is 64.2 Å². The first-order chi connectivity index (χ1) is 40.6. The van der Waals surface area contributed by atoms with E-state index in [0.29, 0.717) is 13.0 Å². The average Bonchev–Trinajstić information content (AvgIpc) is 3.67. The summed E-state index contributed by atoms with van der Waals surface area (Å²) in [4.78, 5) is 13.1. The van der Waals surface area contributed by atoms with Gasteiger partial charge in [-0.3, -0.25) is 4.79 Å². The molecule has 11 unspecified atom stereocenters. The summed E-state index contributed by atoms with van der Waals surface area (Å²) in [5.74, 6) is -0.406. The molecule has 0 bridgehead atoms. The lowest BCUT2D eigenvalue weighted by Crippen LogP contribution is -2.61. The lowest BCUT2D eigenvalue weighted by atomic mass is 9.98. The first-order valence-corrected chi connectivity index (χ1v) is 33.2. The molecule has 2 rings (SSSR count). The molecule has 2 aliphatic heterocycles. The number of aliphatic hydroxyl groups excluding tert-OH is 7. The van der Waals surface area contributed by atoms with Crippen molar-refractivity contribution < 1.29 is 69.0 Å². The van der Waals surface area contributed by atoms with Gasteiger partial charge in [-0.05, 0) is 70.6 Å². The van der Waals surface area contributed by atoms with Crippen LogP contribution in [0.15, 0.2) is 85.1 Å². The standard InChI is InChI=1S/C69H120O14/c1-3-5-7-9-11-13-15-17-19-21-23-25-27-29-30-32-34-36-38-40-42-44-46-48-50-52-61(71)81-58(56-79-68-67(77)65(75)63(73)60(83-68)57-80-69-66(76)64(74)62(72)59(54-70)82-69)55-78-53-51-49-47-45-43-41-39-37-35-33-31-28-26-24-22-20-18-16-14-12-10-8-6-4-2/h5,7,11,13,17,19,23,25,29-30,34,36,40,42,58-60,62-70,72-77H,3-4,6,8-10,12,14-16,18,20-22,24,26-28,31-33,35,37-39,41,43-57H2,1-2H3/b7-5-,13-11-,19-17-,25-23-,30-29-,36-34-,42-40-. The predicted molar refractivity (Wildman–Crippen MR) is 335 cm³/mol. The van der Waals surface area contributed by atoms with E-state index in [1.807, 2.05) is 0 Å². The molecule has 0 aliphatic carbocycles. The molecular weight excluding hydrogens is 1050 g/mol. The SMILES string of the molecule is CC/C=C\C/C=C\C/C=C\C/C=C\C/C=C\C/C=C\C/C=C\CCCCCC(=O)OC(COCCCCCCCCCCCCCCCCCCCCCCCCCC)COC1OC(COC2OC(CO)C(O)C(O)C2O)C(O)C(O)C1O. The van der Waals surface area contributed by atoms with E-state index in [2.05, 4.69) is 98.9 Å². The molecule has 2 heterocycles. The summed E-state index contributed by atoms with van der Waals surface area (Å²) < 4.78 is 34.5. The number of carbonyl (C=O) groups is 1. The summed E-state index contributed by atoms with van der Waals surface area (Å²) in [7, 11) is 0. The van der Waals surface area contributed by atoms with Crippen LogP contribution in [-0.2, 0) is 33.2 Å². The topological polar surface area (TPSA) is 214 Å². The Morgan fingerprint density at radius 2 is 0.783 bits per heavy atom. The molecule has 2 fully saturated rings. The van der Waals surface area contributed by atoms with Crippen molar-refractivity contribution in [2.45, 2.75) is 313 Å². The summed E-state index contributed by atoms with van der Waals surface area (Å²) in [6, 6.07) is 0. The van der Waals surface area contributed by atoms with Crippen LogP contribution in [0.2, 0.25) is 0 Å². The van der Waals surface area contributed by atoms with Crippen molar-refractivity contribution in [2.24, 2.45) is 0 Å². The molecule has 14 nitrogen and oxygen atoms in total. The van der Waals surface area contributed by atoms with Gasteiger partial charge in [0.15, 0.2) is 12.6 Å². The number of ether oxygens (including phenoxy) is 6. The van der Waals surface area contributed by atoms with E-state index >= 15 is 0 Å². The number of allylic oxidation sites excluding steroid dienone is 14. The molecule has 7 N–H and O–H groups in total. The van der Waals surface area contributed by atoms with Gasteiger partial charge in [0.05, 0.1) is 26.4 Å². The fourth-order valence-corrected chi connectivity index (χ4v) is 10.2. The highest BCUT2D eigenvalue weighted by molar-refractivity contribution is 5.69. The van der Waals surface area contributed by atoms with Gasteiger partial charge in [0.1, 0.15) is 54.9 Å². The van der Waals surface area contributed by atoms with Crippen LogP contribution in [0, 0.1) is 0 Å². The smallest absolute Gasteiger partial charge is 0.306 e. The molecule has 0 spiro atoms. The van der Waals surface area contributed by atoms with Crippen LogP contribution in [0.25, 0.3) is 0 Å². The van der Waals surface area contributed by atoms with Gasteiger partial charge in [-0.15, -0.1) is 0 Å². The van der Waals surface area contributed by atoms with E-state index < -0.39 is 86.7 Å². The highest BCUT2D eigenvalue weighted by Crippen LogP contribution is 2.27. The quantitative estimate of drug-likeness (QED) is 0.0171. The van der Waals surface area contributed by atoms with Crippen molar-refractivity contribution in [1.29, 1.82) is 0 Å². The van der Waals surface area contributed by atoms with E-state index in [-0.39, 0.29) is 19.6 Å². The molecule has 0 aromatic heterocycles. The monoisotopic (exact) mass is 1170 g/mol. The maximum Gasteiger partial charge on any atom is 0.306 e. The molecule has 11 atom stereocenters. The van der Waals surface area contributed by atoms with E-state index in [1.165, 1.54) is 135 Å². The second-order valence-electron chi connectivity index (χ2n) is 22.9. The van der Waals surface area contributed by atoms with Crippen molar-refractivity contribution in [3.63, 3.8) is 0 Å². The summed E-state index contributed by atoms with van der Waals surface area (Å²) in [5.41, 5.74) is 0. The zero-order valence-electron chi connectivity index (χ0n) is 51.9. The van der Waals surface area contributed by atoms with E-state index in [1.54, 1.807) is 0 Å². The minimum absolute atomic E-state index is 0.0459. The van der Waals surface area contributed by atoms with Gasteiger partial charge in [-0.25, -0.2) is 0 Å². The van der Waals surface area contributed by atoms with Crippen LogP contribution in [-0.4, -0.2) is 142 Å². The molecule has 2 saturated heterocycles. The van der Waals surface area contributed by atoms with Gasteiger partial charge >= 0.3 is 5.97 Å². The van der Waals surface area contributed by atoms with Gasteiger partial charge in [-0.2, -0.15) is 0 Å². The number of rotatable bonds is 54. The average molecular weight is 1170 g/mol. The molecule has 0 saturated carbocycles. The summed E-state index contributed by atoms with van der Waals surface area (Å²) in [6.07, 6.45) is 56.5. The van der Waals surface area contributed by atoms with Crippen LogP contribution in [0.4, 0.5) is 0 Å². The van der Waals surface area contributed by atoms with Crippen molar-refractivity contribution >= 4 is 5.97 Å². The molecule has 480 valence electrons. The molecular formula is C69H120O14. The summed E-state index contributed by atoms with van der Waals surface area (Å²) in [5, 5.41) is 72.5. The fraction of sp³-hybridized carbons (Fsp3) is 0.783. The fourth-order valence-electron chi connectivity index (χ4n) is 10.2. The second-order valence-corrected chi connectivity index (χ2v) is 22.9. The van der Waals surface area contributed by atoms with Gasteiger partial charge in [-0.1, -0.05) is 253 Å². The molecule has 0 amide bonds. The molecule has 2 aliphatic rings. The first kappa shape index (κ1) is 76.3. The van der Waals surface area contributed by atoms with Crippen LogP contribution in [0.3, 0.4) is 0 Å². The lowest BCUT2D eigenvalue weighted by Gasteiger charge is -2.42. The van der Waals surface area contributed by atoms with E-state index in [0.717, 1.165) is 83.5 Å². The van der Waals surface area contributed by atoms with Crippen molar-refractivity contribution in [1.82, 2.24) is 0 Å². The maximum atomic E-state index is 13.1. The molecule has 0 radical (unpaired) electrons. The Morgan fingerprint density at radius 3 is 1.22 bits per heavy atom. The second kappa shape index (κ2) is 54.6. The normalized spacial score (nSPS) is 24.0. The number of hydrogen-bond acceptors (Lipinski definition) is 14. The summed E-state index contributed by atoms with van der Waals surface area (Å²) in [6.45, 7) is 3.56. The lowest BCUT2D eigenvalue weighted by molar-refractivity contribution is -0.332. The van der Waals surface area contributed by atoms with Crippen molar-refractivity contribution in [3.05, 3.63) is 85.1 Å². The number of unbranched alkanes of at least 4 members (excludes halogenated alkanes) is 26. The molecule has 0 aromatic rings. The van der Waals surface area contributed by atoms with Gasteiger partial charge in [0.25, 0.3) is 0 Å². The number of carbonyl (C=O) groups excluding carboxylic acids is 1. The Balaban J connectivity index is 1.68.